The van der Waals surface area contributed by atoms with E-state index in [1.165, 1.54) is 0 Å². The lowest BCUT2D eigenvalue weighted by molar-refractivity contribution is 0.0296. The highest BCUT2D eigenvalue weighted by Gasteiger charge is 2.23. The highest BCUT2D eigenvalue weighted by atomic mass is 16.4. The number of hydrogen-bond donors (Lipinski definition) is 1. The van der Waals surface area contributed by atoms with Crippen LogP contribution < -0.4 is 0 Å². The fourth-order valence-corrected chi connectivity index (χ4v) is 1.80. The molecule has 0 aliphatic rings. The van der Waals surface area contributed by atoms with Crippen LogP contribution in [0.15, 0.2) is 4.42 Å². The molecule has 0 fully saturated rings. The van der Waals surface area contributed by atoms with E-state index >= 15 is 0 Å². The summed E-state index contributed by atoms with van der Waals surface area (Å²) < 4.78 is 5.65. The lowest BCUT2D eigenvalue weighted by Crippen LogP contribution is -2.37. The van der Waals surface area contributed by atoms with Crippen LogP contribution in [0.2, 0.25) is 0 Å². The molecule has 5 nitrogen and oxygen atoms in total. The van der Waals surface area contributed by atoms with Gasteiger partial charge in [0, 0.05) is 13.0 Å². The second kappa shape index (κ2) is 5.80. The molecular weight excluding hydrogens is 230 g/mol. The predicted molar refractivity (Wildman–Crippen MR) is 70.2 cm³/mol. The maximum absolute atomic E-state index is 9.80. The molecule has 18 heavy (non-hydrogen) atoms. The molecule has 1 aromatic heterocycles. The predicted octanol–water partition coefficient (Wildman–Crippen LogP) is 2.03. The number of nitrogens with zero attached hydrogens (tertiary/aromatic N) is 3. The summed E-state index contributed by atoms with van der Waals surface area (Å²) in [5, 5.41) is 17.9. The van der Waals surface area contributed by atoms with Crippen LogP contribution in [0.3, 0.4) is 0 Å². The topological polar surface area (TPSA) is 62.4 Å². The van der Waals surface area contributed by atoms with Gasteiger partial charge in [0.25, 0.3) is 0 Å². The van der Waals surface area contributed by atoms with Crippen LogP contribution in [0, 0.1) is 5.92 Å². The average molecular weight is 255 g/mol. The zero-order valence-corrected chi connectivity index (χ0v) is 12.3. The Bertz CT molecular complexity index is 369. The van der Waals surface area contributed by atoms with Gasteiger partial charge in [-0.15, -0.1) is 10.2 Å². The Labute approximate surface area is 109 Å². The Morgan fingerprint density at radius 1 is 1.28 bits per heavy atom. The first-order valence-electron chi connectivity index (χ1n) is 6.44. The molecule has 0 bridgehead atoms. The van der Waals surface area contributed by atoms with Crippen molar-refractivity contribution in [3.8, 4) is 0 Å². The van der Waals surface area contributed by atoms with Crippen molar-refractivity contribution >= 4 is 0 Å². The van der Waals surface area contributed by atoms with Crippen LogP contribution in [0.5, 0.6) is 0 Å². The van der Waals surface area contributed by atoms with E-state index in [1.54, 1.807) is 13.8 Å². The SMILES string of the molecule is CC(C)Cc1nnc(C(C)N(C)CC(C)(C)O)o1. The van der Waals surface area contributed by atoms with E-state index < -0.39 is 5.60 Å². The van der Waals surface area contributed by atoms with Gasteiger partial charge in [-0.25, -0.2) is 0 Å². The van der Waals surface area contributed by atoms with Crippen molar-refractivity contribution in [2.24, 2.45) is 5.92 Å². The van der Waals surface area contributed by atoms with Crippen molar-refractivity contribution in [3.63, 3.8) is 0 Å². The highest BCUT2D eigenvalue weighted by molar-refractivity contribution is 4.90. The molecule has 0 aliphatic heterocycles. The van der Waals surface area contributed by atoms with Gasteiger partial charge < -0.3 is 9.52 Å². The first kappa shape index (κ1) is 15.1. The number of hydrogen-bond acceptors (Lipinski definition) is 5. The molecule has 0 saturated carbocycles. The minimum atomic E-state index is -0.732. The molecule has 1 N–H and O–H groups in total. The van der Waals surface area contributed by atoms with E-state index in [0.717, 1.165) is 6.42 Å². The van der Waals surface area contributed by atoms with Crippen LogP contribution in [0.4, 0.5) is 0 Å². The molecule has 104 valence electrons. The van der Waals surface area contributed by atoms with Crippen LogP contribution in [-0.2, 0) is 6.42 Å². The summed E-state index contributed by atoms with van der Waals surface area (Å²) in [7, 11) is 1.94. The van der Waals surface area contributed by atoms with Gasteiger partial charge >= 0.3 is 0 Å². The third-order valence-corrected chi connectivity index (χ3v) is 2.72. The fourth-order valence-electron chi connectivity index (χ4n) is 1.80. The van der Waals surface area contributed by atoms with E-state index in [9.17, 15) is 5.11 Å². The van der Waals surface area contributed by atoms with Crippen molar-refractivity contribution in [3.05, 3.63) is 11.8 Å². The molecule has 1 unspecified atom stereocenters. The van der Waals surface area contributed by atoms with E-state index in [1.807, 2.05) is 18.9 Å². The molecule has 0 spiro atoms. The summed E-state index contributed by atoms with van der Waals surface area (Å²) in [5.74, 6) is 1.80. The van der Waals surface area contributed by atoms with Gasteiger partial charge in [0.1, 0.15) is 0 Å². The van der Waals surface area contributed by atoms with Gasteiger partial charge in [-0.2, -0.15) is 0 Å². The summed E-state index contributed by atoms with van der Waals surface area (Å²) in [5.41, 5.74) is -0.732. The third kappa shape index (κ3) is 4.74. The van der Waals surface area contributed by atoms with E-state index in [4.69, 9.17) is 4.42 Å². The van der Waals surface area contributed by atoms with E-state index in [2.05, 4.69) is 24.0 Å². The minimum Gasteiger partial charge on any atom is -0.424 e. The van der Waals surface area contributed by atoms with Gasteiger partial charge in [-0.1, -0.05) is 13.8 Å². The normalized spacial score (nSPS) is 14.5. The van der Waals surface area contributed by atoms with Gasteiger partial charge in [0.15, 0.2) is 0 Å². The maximum Gasteiger partial charge on any atom is 0.233 e. The van der Waals surface area contributed by atoms with Crippen LogP contribution >= 0.6 is 0 Å². The molecular formula is C13H25N3O2. The number of likely N-dealkylation sites (N-methyl/N-ethyl adjacent to an activating group) is 1. The highest BCUT2D eigenvalue weighted by Crippen LogP contribution is 2.20. The Balaban J connectivity index is 2.66. The molecule has 0 amide bonds. The minimum absolute atomic E-state index is 0.00448. The molecule has 5 heteroatoms. The van der Waals surface area contributed by atoms with E-state index in [0.29, 0.717) is 24.2 Å². The average Bonchev–Trinajstić information content (AvgIpc) is 2.61. The molecule has 0 aliphatic carbocycles. The van der Waals surface area contributed by atoms with Crippen molar-refractivity contribution < 1.29 is 9.52 Å². The Morgan fingerprint density at radius 2 is 1.89 bits per heavy atom. The summed E-state index contributed by atoms with van der Waals surface area (Å²) in [6.07, 6.45) is 0.801. The quantitative estimate of drug-likeness (QED) is 0.842. The number of aromatic nitrogens is 2. The Morgan fingerprint density at radius 3 is 2.39 bits per heavy atom. The number of aliphatic hydroxyl groups is 1. The summed E-state index contributed by atoms with van der Waals surface area (Å²) in [4.78, 5) is 2.01. The first-order chi connectivity index (χ1) is 8.19. The summed E-state index contributed by atoms with van der Waals surface area (Å²) in [6, 6.07) is 0.00448. The van der Waals surface area contributed by atoms with Crippen LogP contribution in [0.1, 0.15) is 52.4 Å². The van der Waals surface area contributed by atoms with Gasteiger partial charge in [-0.05, 0) is 33.7 Å². The van der Waals surface area contributed by atoms with Crippen LogP contribution in [0.25, 0.3) is 0 Å². The molecule has 0 saturated heterocycles. The fraction of sp³-hybridized carbons (Fsp3) is 0.846. The van der Waals surface area contributed by atoms with Crippen molar-refractivity contribution in [2.45, 2.75) is 52.7 Å². The molecule has 1 rings (SSSR count). The zero-order valence-electron chi connectivity index (χ0n) is 12.3. The van der Waals surface area contributed by atoms with Crippen molar-refractivity contribution in [1.29, 1.82) is 0 Å². The largest absolute Gasteiger partial charge is 0.424 e. The molecule has 0 aromatic carbocycles. The Kier molecular flexibility index (Phi) is 4.87. The lowest BCUT2D eigenvalue weighted by Gasteiger charge is -2.28. The molecule has 1 atom stereocenters. The first-order valence-corrected chi connectivity index (χ1v) is 6.44. The summed E-state index contributed by atoms with van der Waals surface area (Å²) >= 11 is 0. The Hall–Kier alpha value is -0.940. The molecule has 1 aromatic rings. The van der Waals surface area contributed by atoms with Crippen LogP contribution in [-0.4, -0.2) is 39.4 Å². The molecule has 0 radical (unpaired) electrons. The standard InChI is InChI=1S/C13H25N3O2/c1-9(2)7-11-14-15-12(18-11)10(3)16(6)8-13(4,5)17/h9-10,17H,7-8H2,1-6H3. The van der Waals surface area contributed by atoms with Gasteiger partial charge in [0.2, 0.25) is 11.8 Å². The zero-order chi connectivity index (χ0) is 13.9. The van der Waals surface area contributed by atoms with Crippen molar-refractivity contribution in [2.75, 3.05) is 13.6 Å². The van der Waals surface area contributed by atoms with Crippen molar-refractivity contribution in [1.82, 2.24) is 15.1 Å². The van der Waals surface area contributed by atoms with E-state index in [-0.39, 0.29) is 6.04 Å². The van der Waals surface area contributed by atoms with Gasteiger partial charge in [0.05, 0.1) is 11.6 Å². The van der Waals surface area contributed by atoms with Gasteiger partial charge in [-0.3, -0.25) is 4.90 Å². The third-order valence-electron chi connectivity index (χ3n) is 2.72. The summed E-state index contributed by atoms with van der Waals surface area (Å²) in [6.45, 7) is 10.4. The smallest absolute Gasteiger partial charge is 0.233 e. The lowest BCUT2D eigenvalue weighted by atomic mass is 10.1. The number of rotatable bonds is 6. The molecule has 1 heterocycles. The second-order valence-electron chi connectivity index (χ2n) is 6.04. The monoisotopic (exact) mass is 255 g/mol. The maximum atomic E-state index is 9.80. The second-order valence-corrected chi connectivity index (χ2v) is 6.04.